The first-order chi connectivity index (χ1) is 13.7. The summed E-state index contributed by atoms with van der Waals surface area (Å²) in [5, 5.41) is 9.23. The van der Waals surface area contributed by atoms with E-state index in [1.54, 1.807) is 7.11 Å². The monoisotopic (exact) mass is 390 g/mol. The minimum atomic E-state index is -0.657. The summed E-state index contributed by atoms with van der Waals surface area (Å²) in [6.45, 7) is 8.27. The topological polar surface area (TPSA) is 81.0 Å². The fourth-order valence-corrected chi connectivity index (χ4v) is 2.41. The van der Waals surface area contributed by atoms with E-state index in [4.69, 9.17) is 18.9 Å². The van der Waals surface area contributed by atoms with Crippen LogP contribution in [0.25, 0.3) is 6.08 Å². The average Bonchev–Trinajstić information content (AvgIpc) is 2.72. The number of nitriles is 1. The molecular weight excluding hydrogens is 360 g/mol. The van der Waals surface area contributed by atoms with Crippen LogP contribution in [0.2, 0.25) is 0 Å². The molecular formula is C21H30N2O5. The molecule has 7 heteroatoms. The number of carbonyl (C=O) groups excluding carboxylic acids is 1. The maximum absolute atomic E-state index is 12.0. The quantitative estimate of drug-likeness (QED) is 0.209. The highest BCUT2D eigenvalue weighted by Gasteiger charge is 2.11. The Morgan fingerprint density at radius 3 is 2.11 bits per heavy atom. The Morgan fingerprint density at radius 2 is 1.57 bits per heavy atom. The van der Waals surface area contributed by atoms with Crippen LogP contribution >= 0.6 is 0 Å². The van der Waals surface area contributed by atoms with Gasteiger partial charge in [0, 0.05) is 25.9 Å². The zero-order valence-corrected chi connectivity index (χ0v) is 17.0. The molecule has 0 atom stereocenters. The highest BCUT2D eigenvalue weighted by molar-refractivity contribution is 5.97. The van der Waals surface area contributed by atoms with Crippen LogP contribution in [0.5, 0.6) is 0 Å². The predicted octanol–water partition coefficient (Wildman–Crippen LogP) is 2.66. The second-order valence-electron chi connectivity index (χ2n) is 5.79. The van der Waals surface area contributed by atoms with Gasteiger partial charge in [0.1, 0.15) is 18.2 Å². The normalized spacial score (nSPS) is 11.1. The first-order valence-corrected chi connectivity index (χ1v) is 9.44. The Morgan fingerprint density at radius 1 is 1.00 bits per heavy atom. The summed E-state index contributed by atoms with van der Waals surface area (Å²) < 4.78 is 20.5. The van der Waals surface area contributed by atoms with Crippen LogP contribution < -0.4 is 4.90 Å². The Kier molecular flexibility index (Phi) is 12.4. The smallest absolute Gasteiger partial charge is 0.348 e. The number of methoxy groups -OCH3 is 1. The van der Waals surface area contributed by atoms with Crippen LogP contribution in [-0.2, 0) is 23.7 Å². The number of carbonyl (C=O) groups is 1. The summed E-state index contributed by atoms with van der Waals surface area (Å²) in [7, 11) is 1.61. The molecule has 1 aromatic rings. The molecule has 0 aliphatic carbocycles. The van der Waals surface area contributed by atoms with Crippen molar-refractivity contribution in [3.63, 3.8) is 0 Å². The number of hydrogen-bond acceptors (Lipinski definition) is 7. The highest BCUT2D eigenvalue weighted by Crippen LogP contribution is 2.17. The van der Waals surface area contributed by atoms with Gasteiger partial charge in [-0.1, -0.05) is 12.1 Å². The van der Waals surface area contributed by atoms with E-state index < -0.39 is 5.97 Å². The number of rotatable bonds is 14. The van der Waals surface area contributed by atoms with E-state index in [0.717, 1.165) is 24.3 Å². The predicted molar refractivity (Wildman–Crippen MR) is 108 cm³/mol. The van der Waals surface area contributed by atoms with E-state index in [-0.39, 0.29) is 18.8 Å². The summed E-state index contributed by atoms with van der Waals surface area (Å²) in [5.41, 5.74) is 1.83. The van der Waals surface area contributed by atoms with Crippen LogP contribution in [0.3, 0.4) is 0 Å². The maximum atomic E-state index is 12.0. The van der Waals surface area contributed by atoms with Gasteiger partial charge in [-0.15, -0.1) is 0 Å². The van der Waals surface area contributed by atoms with Gasteiger partial charge in [0.2, 0.25) is 0 Å². The lowest BCUT2D eigenvalue weighted by atomic mass is 10.1. The van der Waals surface area contributed by atoms with Crippen LogP contribution in [0.15, 0.2) is 29.8 Å². The van der Waals surface area contributed by atoms with E-state index >= 15 is 0 Å². The Balaban J connectivity index is 2.41. The van der Waals surface area contributed by atoms with Gasteiger partial charge in [-0.2, -0.15) is 5.26 Å². The molecule has 7 nitrogen and oxygen atoms in total. The molecule has 0 aliphatic heterocycles. The Hall–Kier alpha value is -2.40. The summed E-state index contributed by atoms with van der Waals surface area (Å²) >= 11 is 0. The van der Waals surface area contributed by atoms with Crippen molar-refractivity contribution in [2.24, 2.45) is 0 Å². The van der Waals surface area contributed by atoms with Gasteiger partial charge in [-0.3, -0.25) is 0 Å². The van der Waals surface area contributed by atoms with E-state index in [1.807, 2.05) is 30.3 Å². The second-order valence-corrected chi connectivity index (χ2v) is 5.79. The number of esters is 1. The van der Waals surface area contributed by atoms with E-state index in [9.17, 15) is 10.1 Å². The first-order valence-electron chi connectivity index (χ1n) is 9.44. The largest absolute Gasteiger partial charge is 0.459 e. The Labute approximate surface area is 167 Å². The molecule has 0 amide bonds. The van der Waals surface area contributed by atoms with Crippen molar-refractivity contribution in [2.45, 2.75) is 13.8 Å². The van der Waals surface area contributed by atoms with Gasteiger partial charge in [0.15, 0.2) is 0 Å². The molecule has 154 valence electrons. The van der Waals surface area contributed by atoms with Crippen molar-refractivity contribution in [1.29, 1.82) is 5.26 Å². The van der Waals surface area contributed by atoms with Crippen molar-refractivity contribution in [3.05, 3.63) is 35.4 Å². The molecule has 28 heavy (non-hydrogen) atoms. The van der Waals surface area contributed by atoms with Crippen molar-refractivity contribution in [3.8, 4) is 6.07 Å². The minimum absolute atomic E-state index is 0.0431. The van der Waals surface area contributed by atoms with Crippen LogP contribution in [0.4, 0.5) is 5.69 Å². The summed E-state index contributed by atoms with van der Waals surface area (Å²) in [6.07, 6.45) is 1.53. The number of anilines is 1. The van der Waals surface area contributed by atoms with Gasteiger partial charge in [0.25, 0.3) is 0 Å². The Bertz CT molecular complexity index is 633. The fraction of sp³-hybridized carbons (Fsp3) is 0.524. The van der Waals surface area contributed by atoms with Gasteiger partial charge in [0.05, 0.1) is 33.0 Å². The van der Waals surface area contributed by atoms with Crippen molar-refractivity contribution in [1.82, 2.24) is 0 Å². The van der Waals surface area contributed by atoms with E-state index in [2.05, 4.69) is 18.7 Å². The molecule has 0 spiro atoms. The fourth-order valence-electron chi connectivity index (χ4n) is 2.41. The number of benzene rings is 1. The van der Waals surface area contributed by atoms with E-state index in [1.165, 1.54) is 6.08 Å². The van der Waals surface area contributed by atoms with E-state index in [0.29, 0.717) is 26.4 Å². The average molecular weight is 390 g/mol. The number of hydrogen-bond donors (Lipinski definition) is 0. The first kappa shape index (κ1) is 23.6. The third kappa shape index (κ3) is 9.00. The molecule has 0 radical (unpaired) electrons. The zero-order valence-electron chi connectivity index (χ0n) is 17.0. The molecule has 0 aliphatic rings. The third-order valence-corrected chi connectivity index (χ3v) is 3.94. The molecule has 0 saturated carbocycles. The number of ether oxygens (including phenoxy) is 4. The maximum Gasteiger partial charge on any atom is 0.348 e. The second kappa shape index (κ2) is 14.6. The van der Waals surface area contributed by atoms with Crippen LogP contribution in [0, 0.1) is 11.3 Å². The zero-order chi connectivity index (χ0) is 20.6. The van der Waals surface area contributed by atoms with Crippen molar-refractivity contribution < 1.29 is 23.7 Å². The SMILES string of the molecule is CCN(CC)c1ccc(/C=C(/C#N)C(=O)OCCOCCOCCOC)cc1. The van der Waals surface area contributed by atoms with Crippen LogP contribution in [0.1, 0.15) is 19.4 Å². The van der Waals surface area contributed by atoms with Gasteiger partial charge in [-0.25, -0.2) is 4.79 Å². The van der Waals surface area contributed by atoms with Gasteiger partial charge in [-0.05, 0) is 37.6 Å². The molecule has 0 aromatic heterocycles. The standard InChI is InChI=1S/C21H30N2O5/c1-4-23(5-2)20-8-6-18(7-9-20)16-19(17-22)21(24)28-15-14-27-13-12-26-11-10-25-3/h6-9,16H,4-5,10-15H2,1-3H3/b19-16-. The summed E-state index contributed by atoms with van der Waals surface area (Å²) in [4.78, 5) is 14.3. The van der Waals surface area contributed by atoms with Crippen molar-refractivity contribution in [2.75, 3.05) is 64.7 Å². The van der Waals surface area contributed by atoms with Gasteiger partial charge < -0.3 is 23.8 Å². The molecule has 0 saturated heterocycles. The highest BCUT2D eigenvalue weighted by atomic mass is 16.6. The molecule has 1 rings (SSSR count). The van der Waals surface area contributed by atoms with Gasteiger partial charge >= 0.3 is 5.97 Å². The number of nitrogens with zero attached hydrogens (tertiary/aromatic N) is 2. The molecule has 0 bridgehead atoms. The minimum Gasteiger partial charge on any atom is -0.459 e. The molecule has 1 aromatic carbocycles. The molecule has 0 fully saturated rings. The molecule has 0 unspecified atom stereocenters. The summed E-state index contributed by atoms with van der Waals surface area (Å²) in [5.74, 6) is -0.657. The molecule has 0 N–H and O–H groups in total. The van der Waals surface area contributed by atoms with Crippen LogP contribution in [-0.4, -0.2) is 65.8 Å². The lowest BCUT2D eigenvalue weighted by molar-refractivity contribution is -0.140. The summed E-state index contributed by atoms with van der Waals surface area (Å²) in [6, 6.07) is 9.60. The van der Waals surface area contributed by atoms with Crippen molar-refractivity contribution >= 4 is 17.7 Å². The lowest BCUT2D eigenvalue weighted by Gasteiger charge is -2.20. The lowest BCUT2D eigenvalue weighted by Crippen LogP contribution is -2.21. The third-order valence-electron chi connectivity index (χ3n) is 3.94. The molecule has 0 heterocycles.